The maximum atomic E-state index is 4.90. The van der Waals surface area contributed by atoms with Gasteiger partial charge >= 0.3 is 0 Å². The van der Waals surface area contributed by atoms with E-state index in [0.717, 1.165) is 20.8 Å². The van der Waals surface area contributed by atoms with Gasteiger partial charge in [0.2, 0.25) is 0 Å². The molecule has 0 aliphatic heterocycles. The second kappa shape index (κ2) is 7.89. The molecule has 0 amide bonds. The lowest BCUT2D eigenvalue weighted by molar-refractivity contribution is 0.351. The summed E-state index contributed by atoms with van der Waals surface area (Å²) in [6, 6.07) is 15.1. The minimum Gasteiger partial charge on any atom is -0.313 e. The van der Waals surface area contributed by atoms with Crippen LogP contribution in [0.3, 0.4) is 0 Å². The van der Waals surface area contributed by atoms with E-state index < -0.39 is 0 Å². The second-order valence-corrected chi connectivity index (χ2v) is 8.57. The number of pyridine rings is 1. The Morgan fingerprint density at radius 1 is 1.08 bits per heavy atom. The Labute approximate surface area is 166 Å². The van der Waals surface area contributed by atoms with Crippen LogP contribution in [0.15, 0.2) is 57.3 Å². The molecular formula is C21H22BrN3S. The molecule has 26 heavy (non-hydrogen) atoms. The van der Waals surface area contributed by atoms with Gasteiger partial charge in [0.05, 0.1) is 5.69 Å². The summed E-state index contributed by atoms with van der Waals surface area (Å²) in [7, 11) is 0. The topological polar surface area (TPSA) is 30.2 Å². The van der Waals surface area contributed by atoms with Crippen molar-refractivity contribution in [3.63, 3.8) is 0 Å². The molecule has 0 N–H and O–H groups in total. The Morgan fingerprint density at radius 2 is 1.85 bits per heavy atom. The van der Waals surface area contributed by atoms with Crippen molar-refractivity contribution >= 4 is 33.1 Å². The van der Waals surface area contributed by atoms with Crippen LogP contribution in [0.2, 0.25) is 0 Å². The number of hydrogen-bond acceptors (Lipinski definition) is 3. The summed E-state index contributed by atoms with van der Waals surface area (Å²) in [5, 5.41) is 2.24. The fourth-order valence-corrected chi connectivity index (χ4v) is 4.85. The zero-order valence-corrected chi connectivity index (χ0v) is 17.3. The molecule has 0 saturated heterocycles. The molecule has 0 spiro atoms. The van der Waals surface area contributed by atoms with E-state index in [4.69, 9.17) is 4.99 Å². The number of thiazole rings is 1. The van der Waals surface area contributed by atoms with Gasteiger partial charge in [-0.05, 0) is 49.6 Å². The molecule has 2 aromatic heterocycles. The third-order valence-electron chi connectivity index (χ3n) is 4.91. The summed E-state index contributed by atoms with van der Waals surface area (Å²) >= 11 is 5.25. The predicted molar refractivity (Wildman–Crippen MR) is 112 cm³/mol. The number of aryl methyl sites for hydroxylation is 1. The SMILES string of the molecule is Cc1cccc(/N=c2/scc(-c3ccc(Br)cc3)n2C2CCCCC2)n1. The van der Waals surface area contributed by atoms with Crippen molar-refractivity contribution in [3.05, 3.63) is 62.8 Å². The van der Waals surface area contributed by atoms with E-state index in [1.54, 1.807) is 11.3 Å². The van der Waals surface area contributed by atoms with Gasteiger partial charge in [-0.3, -0.25) is 0 Å². The van der Waals surface area contributed by atoms with Gasteiger partial charge in [-0.1, -0.05) is 53.4 Å². The van der Waals surface area contributed by atoms with E-state index in [1.807, 2.05) is 25.1 Å². The lowest BCUT2D eigenvalue weighted by atomic mass is 9.95. The molecule has 4 rings (SSSR count). The number of halogens is 1. The number of rotatable bonds is 3. The van der Waals surface area contributed by atoms with Crippen LogP contribution in [0.1, 0.15) is 43.8 Å². The highest BCUT2D eigenvalue weighted by atomic mass is 79.9. The maximum Gasteiger partial charge on any atom is 0.192 e. The fourth-order valence-electron chi connectivity index (χ4n) is 3.61. The van der Waals surface area contributed by atoms with Crippen molar-refractivity contribution in [3.8, 4) is 11.3 Å². The van der Waals surface area contributed by atoms with Crippen molar-refractivity contribution in [2.75, 3.05) is 0 Å². The van der Waals surface area contributed by atoms with Gasteiger partial charge in [-0.15, -0.1) is 11.3 Å². The van der Waals surface area contributed by atoms with Crippen LogP contribution in [0.4, 0.5) is 5.82 Å². The van der Waals surface area contributed by atoms with Crippen LogP contribution in [0.25, 0.3) is 11.3 Å². The first-order valence-corrected chi connectivity index (χ1v) is 10.8. The maximum absolute atomic E-state index is 4.90. The molecule has 0 atom stereocenters. The Morgan fingerprint density at radius 3 is 2.58 bits per heavy atom. The molecule has 2 heterocycles. The Hall–Kier alpha value is -1.72. The normalized spacial score (nSPS) is 16.2. The highest BCUT2D eigenvalue weighted by molar-refractivity contribution is 9.10. The van der Waals surface area contributed by atoms with E-state index in [1.165, 1.54) is 43.4 Å². The lowest BCUT2D eigenvalue weighted by Gasteiger charge is -2.25. The largest absolute Gasteiger partial charge is 0.313 e. The smallest absolute Gasteiger partial charge is 0.192 e. The number of hydrogen-bond donors (Lipinski definition) is 0. The molecule has 134 valence electrons. The van der Waals surface area contributed by atoms with Crippen LogP contribution in [0, 0.1) is 6.92 Å². The Balaban J connectivity index is 1.85. The van der Waals surface area contributed by atoms with Crippen LogP contribution in [-0.4, -0.2) is 9.55 Å². The lowest BCUT2D eigenvalue weighted by Crippen LogP contribution is -2.23. The zero-order valence-electron chi connectivity index (χ0n) is 14.9. The van der Waals surface area contributed by atoms with Gasteiger partial charge in [0.1, 0.15) is 0 Å². The molecule has 1 aromatic carbocycles. The number of benzene rings is 1. The van der Waals surface area contributed by atoms with Gasteiger partial charge in [0, 0.05) is 21.6 Å². The average Bonchev–Trinajstić information content (AvgIpc) is 3.06. The summed E-state index contributed by atoms with van der Waals surface area (Å²) in [6.45, 7) is 2.01. The second-order valence-electron chi connectivity index (χ2n) is 6.82. The van der Waals surface area contributed by atoms with Crippen molar-refractivity contribution in [1.29, 1.82) is 0 Å². The molecule has 3 nitrogen and oxygen atoms in total. The summed E-state index contributed by atoms with van der Waals surface area (Å²) in [4.78, 5) is 10.5. The average molecular weight is 428 g/mol. The third-order valence-corrected chi connectivity index (χ3v) is 6.27. The van der Waals surface area contributed by atoms with Crippen molar-refractivity contribution in [2.45, 2.75) is 45.1 Å². The van der Waals surface area contributed by atoms with Gasteiger partial charge in [-0.2, -0.15) is 0 Å². The van der Waals surface area contributed by atoms with E-state index >= 15 is 0 Å². The molecule has 1 saturated carbocycles. The highest BCUT2D eigenvalue weighted by Gasteiger charge is 2.20. The zero-order chi connectivity index (χ0) is 17.9. The molecule has 0 bridgehead atoms. The first-order chi connectivity index (χ1) is 12.7. The molecule has 3 aromatic rings. The van der Waals surface area contributed by atoms with Crippen molar-refractivity contribution < 1.29 is 0 Å². The third kappa shape index (κ3) is 3.84. The molecule has 5 heteroatoms. The number of aromatic nitrogens is 2. The summed E-state index contributed by atoms with van der Waals surface area (Å²) in [6.07, 6.45) is 6.41. The predicted octanol–water partition coefficient (Wildman–Crippen LogP) is 6.42. The molecular weight excluding hydrogens is 406 g/mol. The van der Waals surface area contributed by atoms with E-state index in [-0.39, 0.29) is 0 Å². The highest BCUT2D eigenvalue weighted by Crippen LogP contribution is 2.32. The first-order valence-electron chi connectivity index (χ1n) is 9.15. The van der Waals surface area contributed by atoms with Gasteiger partial charge in [0.15, 0.2) is 10.6 Å². The van der Waals surface area contributed by atoms with Crippen molar-refractivity contribution in [2.24, 2.45) is 4.99 Å². The van der Waals surface area contributed by atoms with E-state index in [2.05, 4.69) is 55.1 Å². The fraction of sp³-hybridized carbons (Fsp3) is 0.333. The molecule has 0 unspecified atom stereocenters. The van der Waals surface area contributed by atoms with Crippen LogP contribution in [0.5, 0.6) is 0 Å². The first kappa shape index (κ1) is 17.7. The number of nitrogens with zero attached hydrogens (tertiary/aromatic N) is 3. The van der Waals surface area contributed by atoms with Gasteiger partial charge in [0.25, 0.3) is 0 Å². The van der Waals surface area contributed by atoms with Gasteiger partial charge < -0.3 is 4.57 Å². The summed E-state index contributed by atoms with van der Waals surface area (Å²) < 4.78 is 3.56. The standard InChI is InChI=1S/C21H22BrN3S/c1-15-6-5-9-20(23-15)24-21-25(18-7-3-2-4-8-18)19(14-26-21)16-10-12-17(22)13-11-16/h5-6,9-14,18H,2-4,7-8H2,1H3/b24-21+. The Bertz CT molecular complexity index is 950. The van der Waals surface area contributed by atoms with Crippen LogP contribution >= 0.6 is 27.3 Å². The van der Waals surface area contributed by atoms with E-state index in [9.17, 15) is 0 Å². The minimum absolute atomic E-state index is 0.525. The quantitative estimate of drug-likeness (QED) is 0.473. The van der Waals surface area contributed by atoms with Gasteiger partial charge in [-0.25, -0.2) is 9.98 Å². The molecule has 1 aliphatic carbocycles. The summed E-state index contributed by atoms with van der Waals surface area (Å²) in [5.41, 5.74) is 3.51. The van der Waals surface area contributed by atoms with Crippen LogP contribution in [-0.2, 0) is 0 Å². The molecule has 0 radical (unpaired) electrons. The Kier molecular flexibility index (Phi) is 5.36. The monoisotopic (exact) mass is 427 g/mol. The van der Waals surface area contributed by atoms with Crippen molar-refractivity contribution in [1.82, 2.24) is 9.55 Å². The molecule has 1 fully saturated rings. The molecule has 1 aliphatic rings. The van der Waals surface area contributed by atoms with E-state index in [0.29, 0.717) is 6.04 Å². The summed E-state index contributed by atoms with van der Waals surface area (Å²) in [5.74, 6) is 0.791. The minimum atomic E-state index is 0.525. The van der Waals surface area contributed by atoms with Crippen LogP contribution < -0.4 is 4.80 Å².